The number of anilines is 1. The fourth-order valence-corrected chi connectivity index (χ4v) is 1.54. The second-order valence-electron chi connectivity index (χ2n) is 3.97. The molecule has 82 valence electrons. The van der Waals surface area contributed by atoms with E-state index in [1.54, 1.807) is 18.9 Å². The van der Waals surface area contributed by atoms with Crippen molar-refractivity contribution in [3.05, 3.63) is 29.3 Å². The summed E-state index contributed by atoms with van der Waals surface area (Å²) in [6.45, 7) is 5.70. The maximum atomic E-state index is 10.8. The average Bonchev–Trinajstić information content (AvgIpc) is 2.13. The molecule has 1 rings (SSSR count). The molecular formula is C12H17NO2. The van der Waals surface area contributed by atoms with Crippen LogP contribution in [0.1, 0.15) is 18.1 Å². The van der Waals surface area contributed by atoms with Crippen molar-refractivity contribution in [1.82, 2.24) is 0 Å². The van der Waals surface area contributed by atoms with Gasteiger partial charge in [-0.15, -0.1) is 0 Å². The van der Waals surface area contributed by atoms with Crippen molar-refractivity contribution in [2.24, 2.45) is 0 Å². The summed E-state index contributed by atoms with van der Waals surface area (Å²) in [7, 11) is 1.80. The first kappa shape index (κ1) is 11.6. The van der Waals surface area contributed by atoms with Gasteiger partial charge in [0.2, 0.25) is 0 Å². The topological polar surface area (TPSA) is 40.5 Å². The van der Waals surface area contributed by atoms with Gasteiger partial charge in [-0.3, -0.25) is 0 Å². The molecule has 3 heteroatoms. The van der Waals surface area contributed by atoms with Crippen molar-refractivity contribution >= 4 is 11.7 Å². The number of likely N-dealkylation sites (N-methyl/N-ethyl adjacent to an activating group) is 1. The predicted octanol–water partition coefficient (Wildman–Crippen LogP) is 2.21. The zero-order valence-corrected chi connectivity index (χ0v) is 9.61. The van der Waals surface area contributed by atoms with E-state index >= 15 is 0 Å². The SMILES string of the molecule is Cc1cc(C)cc(N(C)[C@@H](C)C(=O)O)c1. The second-order valence-corrected chi connectivity index (χ2v) is 3.97. The minimum Gasteiger partial charge on any atom is -0.480 e. The van der Waals surface area contributed by atoms with Crippen LogP contribution in [-0.4, -0.2) is 24.2 Å². The summed E-state index contributed by atoms with van der Waals surface area (Å²) >= 11 is 0. The Morgan fingerprint density at radius 2 is 1.73 bits per heavy atom. The molecule has 0 unspecified atom stereocenters. The average molecular weight is 207 g/mol. The van der Waals surface area contributed by atoms with Gasteiger partial charge < -0.3 is 10.0 Å². The van der Waals surface area contributed by atoms with Gasteiger partial charge in [-0.05, 0) is 44.0 Å². The van der Waals surface area contributed by atoms with Crippen LogP contribution in [0.2, 0.25) is 0 Å². The molecule has 0 bridgehead atoms. The fourth-order valence-electron chi connectivity index (χ4n) is 1.54. The maximum absolute atomic E-state index is 10.8. The third-order valence-corrected chi connectivity index (χ3v) is 2.55. The number of hydrogen-bond donors (Lipinski definition) is 1. The highest BCUT2D eigenvalue weighted by Gasteiger charge is 2.17. The summed E-state index contributed by atoms with van der Waals surface area (Å²) in [6.07, 6.45) is 0. The normalized spacial score (nSPS) is 12.3. The number of carboxylic acid groups (broad SMARTS) is 1. The van der Waals surface area contributed by atoms with Crippen molar-refractivity contribution in [1.29, 1.82) is 0 Å². The Kier molecular flexibility index (Phi) is 3.35. The lowest BCUT2D eigenvalue weighted by Gasteiger charge is -2.24. The van der Waals surface area contributed by atoms with Crippen molar-refractivity contribution in [3.63, 3.8) is 0 Å². The second kappa shape index (κ2) is 4.34. The lowest BCUT2D eigenvalue weighted by molar-refractivity contribution is -0.138. The Bertz CT molecular complexity index is 354. The summed E-state index contributed by atoms with van der Waals surface area (Å²) in [6, 6.07) is 5.55. The van der Waals surface area contributed by atoms with Gasteiger partial charge >= 0.3 is 5.97 Å². The van der Waals surface area contributed by atoms with Crippen LogP contribution >= 0.6 is 0 Å². The molecule has 0 aromatic heterocycles. The van der Waals surface area contributed by atoms with E-state index in [-0.39, 0.29) is 0 Å². The number of carboxylic acids is 1. The third-order valence-electron chi connectivity index (χ3n) is 2.55. The molecule has 0 aliphatic heterocycles. The Labute approximate surface area is 90.3 Å². The van der Waals surface area contributed by atoms with E-state index in [1.807, 2.05) is 26.0 Å². The Hall–Kier alpha value is -1.51. The summed E-state index contributed by atoms with van der Waals surface area (Å²) in [5.41, 5.74) is 3.24. The minimum absolute atomic E-state index is 0.508. The van der Waals surface area contributed by atoms with E-state index in [1.165, 1.54) is 0 Å². The van der Waals surface area contributed by atoms with Crippen LogP contribution in [-0.2, 0) is 4.79 Å². The van der Waals surface area contributed by atoms with Crippen molar-refractivity contribution in [2.75, 3.05) is 11.9 Å². The van der Waals surface area contributed by atoms with Crippen LogP contribution in [0.15, 0.2) is 18.2 Å². The fraction of sp³-hybridized carbons (Fsp3) is 0.417. The molecule has 0 heterocycles. The van der Waals surface area contributed by atoms with Crippen LogP contribution in [0.5, 0.6) is 0 Å². The smallest absolute Gasteiger partial charge is 0.326 e. The van der Waals surface area contributed by atoms with Crippen LogP contribution in [0.3, 0.4) is 0 Å². The molecule has 3 nitrogen and oxygen atoms in total. The number of aliphatic carboxylic acids is 1. The van der Waals surface area contributed by atoms with Crippen molar-refractivity contribution in [3.8, 4) is 0 Å². The number of carbonyl (C=O) groups is 1. The first-order valence-corrected chi connectivity index (χ1v) is 4.95. The molecule has 0 saturated carbocycles. The summed E-state index contributed by atoms with van der Waals surface area (Å²) in [5, 5.41) is 8.91. The molecular weight excluding hydrogens is 190 g/mol. The van der Waals surface area contributed by atoms with Gasteiger partial charge in [-0.1, -0.05) is 6.07 Å². The largest absolute Gasteiger partial charge is 0.480 e. The molecule has 0 fully saturated rings. The van der Waals surface area contributed by atoms with Crippen molar-refractivity contribution in [2.45, 2.75) is 26.8 Å². The number of hydrogen-bond acceptors (Lipinski definition) is 2. The molecule has 1 N–H and O–H groups in total. The van der Waals surface area contributed by atoms with E-state index in [0.717, 1.165) is 16.8 Å². The summed E-state index contributed by atoms with van der Waals surface area (Å²) in [4.78, 5) is 12.6. The minimum atomic E-state index is -0.809. The standard InChI is InChI=1S/C12H17NO2/c1-8-5-9(2)7-11(6-8)13(4)10(3)12(14)15/h5-7,10H,1-4H3,(H,14,15)/t10-/m0/s1. The van der Waals surface area contributed by atoms with Gasteiger partial charge in [0, 0.05) is 12.7 Å². The van der Waals surface area contributed by atoms with Gasteiger partial charge in [0.15, 0.2) is 0 Å². The van der Waals surface area contributed by atoms with E-state index in [2.05, 4.69) is 6.07 Å². The van der Waals surface area contributed by atoms with Crippen LogP contribution in [0, 0.1) is 13.8 Å². The Morgan fingerprint density at radius 3 is 2.13 bits per heavy atom. The van der Waals surface area contributed by atoms with Gasteiger partial charge in [0.25, 0.3) is 0 Å². The van der Waals surface area contributed by atoms with Gasteiger partial charge in [0.1, 0.15) is 6.04 Å². The molecule has 15 heavy (non-hydrogen) atoms. The molecule has 0 aliphatic carbocycles. The molecule has 0 saturated heterocycles. The highest BCUT2D eigenvalue weighted by molar-refractivity contribution is 5.77. The Morgan fingerprint density at radius 1 is 1.27 bits per heavy atom. The zero-order valence-electron chi connectivity index (χ0n) is 9.61. The van der Waals surface area contributed by atoms with E-state index in [4.69, 9.17) is 5.11 Å². The van der Waals surface area contributed by atoms with Crippen LogP contribution in [0.25, 0.3) is 0 Å². The lowest BCUT2D eigenvalue weighted by atomic mass is 10.1. The highest BCUT2D eigenvalue weighted by atomic mass is 16.4. The first-order chi connectivity index (χ1) is 6.91. The maximum Gasteiger partial charge on any atom is 0.326 e. The number of benzene rings is 1. The molecule has 0 amide bonds. The van der Waals surface area contributed by atoms with Gasteiger partial charge in [0.05, 0.1) is 0 Å². The van der Waals surface area contributed by atoms with Gasteiger partial charge in [-0.2, -0.15) is 0 Å². The molecule has 0 aliphatic rings. The molecule has 1 atom stereocenters. The van der Waals surface area contributed by atoms with Crippen LogP contribution in [0.4, 0.5) is 5.69 Å². The first-order valence-electron chi connectivity index (χ1n) is 4.95. The molecule has 0 spiro atoms. The number of nitrogens with zero attached hydrogens (tertiary/aromatic N) is 1. The van der Waals surface area contributed by atoms with E-state index in [0.29, 0.717) is 0 Å². The quantitative estimate of drug-likeness (QED) is 0.826. The zero-order chi connectivity index (χ0) is 11.6. The summed E-state index contributed by atoms with van der Waals surface area (Å²) in [5.74, 6) is -0.809. The van der Waals surface area contributed by atoms with E-state index < -0.39 is 12.0 Å². The monoisotopic (exact) mass is 207 g/mol. The Balaban J connectivity index is 3.00. The number of rotatable bonds is 3. The predicted molar refractivity (Wildman–Crippen MR) is 61.4 cm³/mol. The molecule has 1 aromatic carbocycles. The highest BCUT2D eigenvalue weighted by Crippen LogP contribution is 2.19. The van der Waals surface area contributed by atoms with Gasteiger partial charge in [-0.25, -0.2) is 4.79 Å². The number of aryl methyl sites for hydroxylation is 2. The lowest BCUT2D eigenvalue weighted by Crippen LogP contribution is -2.35. The third kappa shape index (κ3) is 2.72. The molecule has 0 radical (unpaired) electrons. The van der Waals surface area contributed by atoms with E-state index in [9.17, 15) is 4.79 Å². The van der Waals surface area contributed by atoms with Crippen LogP contribution < -0.4 is 4.90 Å². The molecule has 1 aromatic rings. The summed E-state index contributed by atoms with van der Waals surface area (Å²) < 4.78 is 0. The van der Waals surface area contributed by atoms with Crippen molar-refractivity contribution < 1.29 is 9.90 Å².